The maximum Gasteiger partial charge on any atom is 0.227 e. The SMILES string of the molecule is CCCCCNC(=O)C1CCN(C(=O)CCC(=O)N2CCSc3ccccc32)CC1. The quantitative estimate of drug-likeness (QED) is 0.640. The molecule has 0 bridgehead atoms. The van der Waals surface area contributed by atoms with E-state index in [1.54, 1.807) is 11.8 Å². The Morgan fingerprint density at radius 2 is 1.77 bits per heavy atom. The largest absolute Gasteiger partial charge is 0.356 e. The average Bonchev–Trinajstić information content (AvgIpc) is 2.79. The molecule has 2 aliphatic rings. The molecule has 1 fully saturated rings. The number of unbranched alkanes of at least 4 members (excludes halogenated alkanes) is 2. The number of piperidine rings is 1. The van der Waals surface area contributed by atoms with Crippen molar-refractivity contribution >= 4 is 35.2 Å². The molecule has 164 valence electrons. The summed E-state index contributed by atoms with van der Waals surface area (Å²) in [5.74, 6) is 1.03. The molecular weight excluding hydrogens is 398 g/mol. The number of nitrogens with one attached hydrogen (secondary N) is 1. The zero-order valence-corrected chi connectivity index (χ0v) is 18.7. The van der Waals surface area contributed by atoms with E-state index in [4.69, 9.17) is 0 Å². The second-order valence-electron chi connectivity index (χ2n) is 8.01. The van der Waals surface area contributed by atoms with Crippen molar-refractivity contribution < 1.29 is 14.4 Å². The first kappa shape index (κ1) is 22.7. The molecular formula is C23H33N3O3S. The lowest BCUT2D eigenvalue weighted by molar-refractivity contribution is -0.136. The van der Waals surface area contributed by atoms with Gasteiger partial charge in [-0.2, -0.15) is 0 Å². The van der Waals surface area contributed by atoms with Crippen molar-refractivity contribution in [2.75, 3.05) is 36.8 Å². The van der Waals surface area contributed by atoms with Gasteiger partial charge in [-0.15, -0.1) is 11.8 Å². The second-order valence-corrected chi connectivity index (χ2v) is 9.15. The highest BCUT2D eigenvalue weighted by Gasteiger charge is 2.28. The number of rotatable bonds is 8. The Kier molecular flexibility index (Phi) is 8.61. The van der Waals surface area contributed by atoms with Gasteiger partial charge in [0.05, 0.1) is 5.69 Å². The third-order valence-electron chi connectivity index (χ3n) is 5.88. The minimum atomic E-state index is -0.000315. The lowest BCUT2D eigenvalue weighted by atomic mass is 9.95. The minimum absolute atomic E-state index is 0.000315. The molecule has 2 heterocycles. The van der Waals surface area contributed by atoms with E-state index in [1.807, 2.05) is 34.1 Å². The molecule has 1 aromatic rings. The summed E-state index contributed by atoms with van der Waals surface area (Å²) >= 11 is 1.76. The zero-order chi connectivity index (χ0) is 21.3. The van der Waals surface area contributed by atoms with Crippen molar-refractivity contribution in [2.45, 2.75) is 56.8 Å². The van der Waals surface area contributed by atoms with Gasteiger partial charge in [-0.1, -0.05) is 31.9 Å². The van der Waals surface area contributed by atoms with Crippen LogP contribution in [0, 0.1) is 5.92 Å². The van der Waals surface area contributed by atoms with Gasteiger partial charge in [-0.25, -0.2) is 0 Å². The molecule has 0 radical (unpaired) electrons. The summed E-state index contributed by atoms with van der Waals surface area (Å²) in [6, 6.07) is 7.94. The first-order chi connectivity index (χ1) is 14.6. The number of nitrogens with zero attached hydrogens (tertiary/aromatic N) is 2. The van der Waals surface area contributed by atoms with E-state index in [1.165, 1.54) is 0 Å². The normalized spacial score (nSPS) is 16.8. The van der Waals surface area contributed by atoms with E-state index in [9.17, 15) is 14.4 Å². The van der Waals surface area contributed by atoms with Gasteiger partial charge in [0.1, 0.15) is 0 Å². The van der Waals surface area contributed by atoms with Crippen molar-refractivity contribution in [1.29, 1.82) is 0 Å². The Labute approximate surface area is 183 Å². The van der Waals surface area contributed by atoms with Crippen LogP contribution in [0.1, 0.15) is 51.9 Å². The van der Waals surface area contributed by atoms with Crippen LogP contribution in [0.5, 0.6) is 0 Å². The summed E-state index contributed by atoms with van der Waals surface area (Å²) in [6.07, 6.45) is 5.17. The van der Waals surface area contributed by atoms with Crippen LogP contribution in [0.15, 0.2) is 29.2 Å². The van der Waals surface area contributed by atoms with Gasteiger partial charge in [0.25, 0.3) is 0 Å². The van der Waals surface area contributed by atoms with Crippen LogP contribution in [0.3, 0.4) is 0 Å². The molecule has 0 unspecified atom stereocenters. The Balaban J connectivity index is 1.40. The van der Waals surface area contributed by atoms with Crippen LogP contribution in [0.2, 0.25) is 0 Å². The molecule has 0 aromatic heterocycles. The lowest BCUT2D eigenvalue weighted by Gasteiger charge is -2.32. The first-order valence-corrected chi connectivity index (χ1v) is 12.2. The van der Waals surface area contributed by atoms with Crippen LogP contribution >= 0.6 is 11.8 Å². The number of carbonyl (C=O) groups is 3. The molecule has 7 heteroatoms. The fourth-order valence-corrected chi connectivity index (χ4v) is 5.05. The third kappa shape index (κ3) is 6.00. The molecule has 6 nitrogen and oxygen atoms in total. The summed E-state index contributed by atoms with van der Waals surface area (Å²) in [7, 11) is 0. The molecule has 3 amide bonds. The number of carbonyl (C=O) groups excluding carboxylic acids is 3. The van der Waals surface area contributed by atoms with Crippen molar-refractivity contribution in [3.63, 3.8) is 0 Å². The van der Waals surface area contributed by atoms with Gasteiger partial charge in [-0.05, 0) is 31.4 Å². The lowest BCUT2D eigenvalue weighted by Crippen LogP contribution is -2.43. The van der Waals surface area contributed by atoms with E-state index in [0.29, 0.717) is 32.5 Å². The molecule has 0 spiro atoms. The van der Waals surface area contributed by atoms with Crippen LogP contribution in [-0.4, -0.2) is 54.6 Å². The molecule has 1 saturated heterocycles. The molecule has 3 rings (SSSR count). The van der Waals surface area contributed by atoms with Crippen molar-refractivity contribution in [3.05, 3.63) is 24.3 Å². The molecule has 2 aliphatic heterocycles. The molecule has 0 aliphatic carbocycles. The van der Waals surface area contributed by atoms with Gasteiger partial charge < -0.3 is 15.1 Å². The molecule has 1 N–H and O–H groups in total. The number of amides is 3. The average molecular weight is 432 g/mol. The van der Waals surface area contributed by atoms with Crippen LogP contribution in [0.25, 0.3) is 0 Å². The number of thioether (sulfide) groups is 1. The fourth-order valence-electron chi connectivity index (χ4n) is 4.06. The fraction of sp³-hybridized carbons (Fsp3) is 0.609. The van der Waals surface area contributed by atoms with Crippen LogP contribution < -0.4 is 10.2 Å². The molecule has 0 atom stereocenters. The smallest absolute Gasteiger partial charge is 0.227 e. The zero-order valence-electron chi connectivity index (χ0n) is 17.9. The number of benzene rings is 1. The first-order valence-electron chi connectivity index (χ1n) is 11.2. The highest BCUT2D eigenvalue weighted by atomic mass is 32.2. The predicted octanol–water partition coefficient (Wildman–Crippen LogP) is 3.45. The predicted molar refractivity (Wildman–Crippen MR) is 121 cm³/mol. The summed E-state index contributed by atoms with van der Waals surface area (Å²) in [5.41, 5.74) is 0.956. The second kappa shape index (κ2) is 11.4. The standard InChI is InChI=1S/C23H33N3O3S/c1-2-3-6-13-24-23(29)18-11-14-25(15-12-18)21(27)9-10-22(28)26-16-17-30-20-8-5-4-7-19(20)26/h4-5,7-8,18H,2-3,6,9-17H2,1H3,(H,24,29). The Hall–Kier alpha value is -2.02. The molecule has 30 heavy (non-hydrogen) atoms. The summed E-state index contributed by atoms with van der Waals surface area (Å²) in [6.45, 7) is 4.78. The number of likely N-dealkylation sites (tertiary alicyclic amines) is 1. The monoisotopic (exact) mass is 431 g/mol. The van der Waals surface area contributed by atoms with E-state index in [-0.39, 0.29) is 36.5 Å². The van der Waals surface area contributed by atoms with Crippen molar-refractivity contribution in [2.24, 2.45) is 5.92 Å². The third-order valence-corrected chi connectivity index (χ3v) is 6.92. The topological polar surface area (TPSA) is 69.7 Å². The van der Waals surface area contributed by atoms with Gasteiger partial charge in [0.15, 0.2) is 0 Å². The van der Waals surface area contributed by atoms with Crippen molar-refractivity contribution in [3.8, 4) is 0 Å². The number of fused-ring (bicyclic) bond motifs is 1. The van der Waals surface area contributed by atoms with Crippen LogP contribution in [0.4, 0.5) is 5.69 Å². The number of para-hydroxylation sites is 1. The summed E-state index contributed by atoms with van der Waals surface area (Å²) in [5, 5.41) is 3.02. The Bertz CT molecular complexity index is 747. The van der Waals surface area contributed by atoms with E-state index < -0.39 is 0 Å². The summed E-state index contributed by atoms with van der Waals surface area (Å²) < 4.78 is 0. The van der Waals surface area contributed by atoms with E-state index >= 15 is 0 Å². The number of anilines is 1. The minimum Gasteiger partial charge on any atom is -0.356 e. The van der Waals surface area contributed by atoms with Gasteiger partial charge >= 0.3 is 0 Å². The maximum absolute atomic E-state index is 12.7. The van der Waals surface area contributed by atoms with Gasteiger partial charge in [-0.3, -0.25) is 14.4 Å². The molecule has 1 aromatic carbocycles. The van der Waals surface area contributed by atoms with E-state index in [2.05, 4.69) is 12.2 Å². The number of hydrogen-bond acceptors (Lipinski definition) is 4. The molecule has 0 saturated carbocycles. The highest BCUT2D eigenvalue weighted by Crippen LogP contribution is 2.34. The highest BCUT2D eigenvalue weighted by molar-refractivity contribution is 7.99. The van der Waals surface area contributed by atoms with Gasteiger partial charge in [0.2, 0.25) is 17.7 Å². The Morgan fingerprint density at radius 1 is 1.03 bits per heavy atom. The van der Waals surface area contributed by atoms with Crippen LogP contribution in [-0.2, 0) is 14.4 Å². The van der Waals surface area contributed by atoms with Gasteiger partial charge in [0, 0.05) is 55.6 Å². The Morgan fingerprint density at radius 3 is 2.53 bits per heavy atom. The van der Waals surface area contributed by atoms with Crippen molar-refractivity contribution in [1.82, 2.24) is 10.2 Å². The summed E-state index contributed by atoms with van der Waals surface area (Å²) in [4.78, 5) is 42.3. The number of hydrogen-bond donors (Lipinski definition) is 1. The maximum atomic E-state index is 12.7. The van der Waals surface area contributed by atoms with E-state index in [0.717, 1.165) is 42.1 Å².